The first kappa shape index (κ1) is 15.5. The van der Waals surface area contributed by atoms with Crippen LogP contribution < -0.4 is 11.3 Å². The Balaban J connectivity index is 2.51. The molecular weight excluding hydrogens is 282 g/mol. The Bertz CT molecular complexity index is 789. The van der Waals surface area contributed by atoms with Crippen LogP contribution in [0.2, 0.25) is 0 Å². The van der Waals surface area contributed by atoms with Crippen molar-refractivity contribution in [2.75, 3.05) is 5.73 Å². The molecule has 4 N–H and O–H groups in total. The fourth-order valence-electron chi connectivity index (χ4n) is 2.11. The van der Waals surface area contributed by atoms with E-state index in [4.69, 9.17) is 10.8 Å². The largest absolute Gasteiger partial charge is 0.481 e. The highest BCUT2D eigenvalue weighted by Gasteiger charge is 2.12. The number of rotatable bonds is 4. The third kappa shape index (κ3) is 3.60. The van der Waals surface area contributed by atoms with Gasteiger partial charge in [-0.25, -0.2) is 4.98 Å². The molecular formula is C16H17N3O3. The van der Waals surface area contributed by atoms with E-state index in [1.165, 1.54) is 0 Å². The Morgan fingerprint density at radius 1 is 1.36 bits per heavy atom. The number of nitrogen functional groups attached to an aromatic ring is 1. The second-order valence-electron chi connectivity index (χ2n) is 5.04. The van der Waals surface area contributed by atoms with Crippen LogP contribution in [-0.4, -0.2) is 21.0 Å². The lowest BCUT2D eigenvalue weighted by Gasteiger charge is -2.06. The minimum absolute atomic E-state index is 0.146. The number of hydrogen-bond acceptors (Lipinski definition) is 4. The fraction of sp³-hybridized carbons (Fsp3) is 0.188. The molecule has 2 rings (SSSR count). The van der Waals surface area contributed by atoms with Crippen molar-refractivity contribution < 1.29 is 9.90 Å². The van der Waals surface area contributed by atoms with Crippen molar-refractivity contribution in [3.63, 3.8) is 0 Å². The Labute approximate surface area is 127 Å². The number of aromatic nitrogens is 2. The summed E-state index contributed by atoms with van der Waals surface area (Å²) in [5.41, 5.74) is 8.20. The van der Waals surface area contributed by atoms with E-state index in [1.54, 1.807) is 25.1 Å². The number of carbonyl (C=O) groups is 1. The van der Waals surface area contributed by atoms with E-state index in [0.717, 1.165) is 11.1 Å². The van der Waals surface area contributed by atoms with Gasteiger partial charge in [0, 0.05) is 5.69 Å². The highest BCUT2D eigenvalue weighted by Crippen LogP contribution is 2.19. The molecule has 1 heterocycles. The van der Waals surface area contributed by atoms with Gasteiger partial charge >= 0.3 is 5.97 Å². The van der Waals surface area contributed by atoms with Crippen LogP contribution >= 0.6 is 0 Å². The van der Waals surface area contributed by atoms with Crippen molar-refractivity contribution in [3.05, 3.63) is 57.3 Å². The number of nitrogens with one attached hydrogen (secondary N) is 1. The second kappa shape index (κ2) is 6.26. The van der Waals surface area contributed by atoms with Crippen LogP contribution in [0.5, 0.6) is 0 Å². The maximum atomic E-state index is 12.0. The summed E-state index contributed by atoms with van der Waals surface area (Å²) in [6, 6.07) is 7.28. The highest BCUT2D eigenvalue weighted by molar-refractivity contribution is 5.81. The van der Waals surface area contributed by atoms with E-state index in [1.807, 2.05) is 19.1 Å². The first-order valence-electron chi connectivity index (χ1n) is 6.72. The summed E-state index contributed by atoms with van der Waals surface area (Å²) in [4.78, 5) is 29.7. The van der Waals surface area contributed by atoms with Crippen molar-refractivity contribution >= 4 is 23.3 Å². The maximum Gasteiger partial charge on any atom is 0.308 e. The van der Waals surface area contributed by atoms with Gasteiger partial charge in [0.05, 0.1) is 17.7 Å². The Hall–Kier alpha value is -2.89. The van der Waals surface area contributed by atoms with Crippen LogP contribution in [0.1, 0.15) is 29.6 Å². The van der Waals surface area contributed by atoms with Crippen LogP contribution in [0.15, 0.2) is 29.1 Å². The first-order chi connectivity index (χ1) is 10.4. The third-order valence-corrected chi connectivity index (χ3v) is 3.21. The molecule has 0 saturated carbocycles. The number of nitrogens with two attached hydrogens (primary N) is 1. The van der Waals surface area contributed by atoms with Gasteiger partial charge in [-0.1, -0.05) is 12.1 Å². The fourth-order valence-corrected chi connectivity index (χ4v) is 2.11. The van der Waals surface area contributed by atoms with Gasteiger partial charge in [0.15, 0.2) is 0 Å². The monoisotopic (exact) mass is 299 g/mol. The van der Waals surface area contributed by atoms with Gasteiger partial charge in [-0.2, -0.15) is 0 Å². The Morgan fingerprint density at radius 2 is 2.00 bits per heavy atom. The molecule has 0 amide bonds. The molecule has 6 nitrogen and oxygen atoms in total. The number of carboxylic acids is 1. The molecule has 0 aliphatic rings. The number of hydrogen-bond donors (Lipinski definition) is 3. The van der Waals surface area contributed by atoms with Gasteiger partial charge in [0.2, 0.25) is 0 Å². The maximum absolute atomic E-state index is 12.0. The number of aromatic amines is 1. The van der Waals surface area contributed by atoms with Crippen molar-refractivity contribution in [1.29, 1.82) is 0 Å². The van der Waals surface area contributed by atoms with Crippen molar-refractivity contribution in [2.45, 2.75) is 20.3 Å². The number of allylic oxidation sites excluding steroid dienone is 1. The van der Waals surface area contributed by atoms with Gasteiger partial charge in [-0.05, 0) is 43.2 Å². The second-order valence-corrected chi connectivity index (χ2v) is 5.04. The van der Waals surface area contributed by atoms with Crippen LogP contribution in [0.3, 0.4) is 0 Å². The Morgan fingerprint density at radius 3 is 2.59 bits per heavy atom. The minimum Gasteiger partial charge on any atom is -0.481 e. The molecule has 0 fully saturated rings. The third-order valence-electron chi connectivity index (χ3n) is 3.21. The summed E-state index contributed by atoms with van der Waals surface area (Å²) in [6.07, 6.45) is 1.34. The van der Waals surface area contributed by atoms with Crippen LogP contribution in [0, 0.1) is 6.92 Å². The summed E-state index contributed by atoms with van der Waals surface area (Å²) >= 11 is 0. The average molecular weight is 299 g/mol. The molecule has 1 aromatic carbocycles. The molecule has 0 saturated heterocycles. The zero-order chi connectivity index (χ0) is 16.3. The van der Waals surface area contributed by atoms with E-state index in [2.05, 4.69) is 9.97 Å². The number of anilines is 1. The number of carboxylic acid groups (broad SMARTS) is 1. The molecule has 22 heavy (non-hydrogen) atoms. The number of aliphatic carboxylic acids is 1. The lowest BCUT2D eigenvalue weighted by Crippen LogP contribution is -2.20. The molecule has 2 aromatic rings. The lowest BCUT2D eigenvalue weighted by atomic mass is 10.0. The number of aryl methyl sites for hydroxylation is 1. The predicted octanol–water partition coefficient (Wildman–Crippen LogP) is 1.85. The van der Waals surface area contributed by atoms with Gasteiger partial charge in [0.25, 0.3) is 5.56 Å². The summed E-state index contributed by atoms with van der Waals surface area (Å²) in [5.74, 6) is -0.633. The normalized spacial score (nSPS) is 11.5. The molecule has 114 valence electrons. The zero-order valence-corrected chi connectivity index (χ0v) is 12.4. The van der Waals surface area contributed by atoms with Crippen LogP contribution in [0.25, 0.3) is 11.6 Å². The molecule has 0 spiro atoms. The highest BCUT2D eigenvalue weighted by atomic mass is 16.4. The molecule has 0 aliphatic heterocycles. The smallest absolute Gasteiger partial charge is 0.308 e. The Kier molecular flexibility index (Phi) is 4.41. The summed E-state index contributed by atoms with van der Waals surface area (Å²) < 4.78 is 0. The van der Waals surface area contributed by atoms with Crippen LogP contribution in [0.4, 0.5) is 5.69 Å². The minimum atomic E-state index is -1.07. The summed E-state index contributed by atoms with van der Waals surface area (Å²) in [5, 5.41) is 8.95. The van der Waals surface area contributed by atoms with Gasteiger partial charge in [0.1, 0.15) is 5.82 Å². The van der Waals surface area contributed by atoms with E-state index >= 15 is 0 Å². The van der Waals surface area contributed by atoms with E-state index in [0.29, 0.717) is 17.2 Å². The van der Waals surface area contributed by atoms with Crippen LogP contribution in [-0.2, 0) is 11.2 Å². The van der Waals surface area contributed by atoms with Gasteiger partial charge < -0.3 is 15.8 Å². The summed E-state index contributed by atoms with van der Waals surface area (Å²) in [7, 11) is 0. The van der Waals surface area contributed by atoms with Crippen molar-refractivity contribution in [3.8, 4) is 0 Å². The zero-order valence-electron chi connectivity index (χ0n) is 12.4. The number of H-pyrrole nitrogens is 1. The van der Waals surface area contributed by atoms with E-state index < -0.39 is 11.5 Å². The van der Waals surface area contributed by atoms with Gasteiger partial charge in [-0.15, -0.1) is 0 Å². The predicted molar refractivity (Wildman–Crippen MR) is 85.3 cm³/mol. The molecule has 1 aromatic heterocycles. The van der Waals surface area contributed by atoms with Gasteiger partial charge in [-0.3, -0.25) is 9.59 Å². The molecule has 0 aliphatic carbocycles. The van der Waals surface area contributed by atoms with E-state index in [-0.39, 0.29) is 12.0 Å². The number of benzene rings is 1. The SMILES string of the molecule is CC(=Cc1nc(C)[nH]c(=O)c1CC(=O)O)c1ccc(N)cc1. The number of nitrogens with zero attached hydrogens (tertiary/aromatic N) is 1. The topological polar surface area (TPSA) is 109 Å². The standard InChI is InChI=1S/C16H17N3O3/c1-9(11-3-5-12(17)6-4-11)7-14-13(8-15(20)21)16(22)19-10(2)18-14/h3-7H,8,17H2,1-2H3,(H,20,21)(H,18,19,22). The molecule has 0 unspecified atom stereocenters. The average Bonchev–Trinajstić information content (AvgIpc) is 2.43. The quantitative estimate of drug-likeness (QED) is 0.746. The molecule has 0 bridgehead atoms. The summed E-state index contributed by atoms with van der Waals surface area (Å²) in [6.45, 7) is 3.52. The van der Waals surface area contributed by atoms with E-state index in [9.17, 15) is 9.59 Å². The first-order valence-corrected chi connectivity index (χ1v) is 6.72. The molecule has 6 heteroatoms. The lowest BCUT2D eigenvalue weighted by molar-refractivity contribution is -0.136. The molecule has 0 atom stereocenters. The molecule has 0 radical (unpaired) electrons. The van der Waals surface area contributed by atoms with Crippen molar-refractivity contribution in [1.82, 2.24) is 9.97 Å². The van der Waals surface area contributed by atoms with Crippen molar-refractivity contribution in [2.24, 2.45) is 0 Å².